The van der Waals surface area contributed by atoms with Crippen LogP contribution in [0.1, 0.15) is 24.2 Å². The number of nitrogens with zero attached hydrogens (tertiary/aromatic N) is 1. The smallest absolute Gasteiger partial charge is 0.341 e. The third-order valence-corrected chi connectivity index (χ3v) is 5.09. The predicted octanol–water partition coefficient (Wildman–Crippen LogP) is 6.53. The second-order valence-electron chi connectivity index (χ2n) is 6.25. The van der Waals surface area contributed by atoms with Gasteiger partial charge >= 0.3 is 12.0 Å². The number of imide groups is 1. The minimum atomic E-state index is -2.44. The van der Waals surface area contributed by atoms with Gasteiger partial charge in [-0.1, -0.05) is 90.6 Å². The molecule has 7 nitrogen and oxygen atoms in total. The summed E-state index contributed by atoms with van der Waals surface area (Å²) in [6, 6.07) is 8.91. The highest BCUT2D eigenvalue weighted by Crippen LogP contribution is 2.36. The number of hydrogen-bond donors (Lipinski definition) is 2. The average Bonchev–Trinajstić information content (AvgIpc) is 2.80. The van der Waals surface area contributed by atoms with Crippen LogP contribution in [0, 0.1) is 5.82 Å². The number of ether oxygens (including phenoxy) is 1. The Bertz CT molecular complexity index is 1240. The molecule has 0 bridgehead atoms. The number of amides is 3. The molecule has 0 aliphatic heterocycles. The molecule has 0 aliphatic carbocycles. The lowest BCUT2D eigenvalue weighted by Crippen LogP contribution is -2.41. The zero-order valence-electron chi connectivity index (χ0n) is 18.0. The summed E-state index contributed by atoms with van der Waals surface area (Å²) in [5.74, 6) is -3.34. The van der Waals surface area contributed by atoms with Crippen LogP contribution in [0.25, 0.3) is 22.0 Å². The lowest BCUT2D eigenvalue weighted by Gasteiger charge is -2.16. The Labute approximate surface area is 214 Å². The van der Waals surface area contributed by atoms with Gasteiger partial charge in [0, 0.05) is 22.2 Å². The largest absolute Gasteiger partial charge is 0.465 e. The number of pyridine rings is 1. The van der Waals surface area contributed by atoms with Crippen molar-refractivity contribution in [3.63, 3.8) is 0 Å². The lowest BCUT2D eigenvalue weighted by molar-refractivity contribution is -0.119. The molecule has 3 rings (SSSR count). The number of urea groups is 1. The molecule has 0 unspecified atom stereocenters. The highest BCUT2D eigenvalue weighted by Gasteiger charge is 2.33. The maximum Gasteiger partial charge on any atom is 0.341 e. The van der Waals surface area contributed by atoms with Crippen molar-refractivity contribution in [3.8, 4) is 11.3 Å². The Balaban J connectivity index is 0.00000199. The molecule has 0 spiro atoms. The molecule has 0 fully saturated rings. The van der Waals surface area contributed by atoms with Crippen LogP contribution >= 0.6 is 46.4 Å². The summed E-state index contributed by atoms with van der Waals surface area (Å²) in [7, 11) is 1.06. The summed E-state index contributed by atoms with van der Waals surface area (Å²) in [6.45, 7) is 4.00. The summed E-state index contributed by atoms with van der Waals surface area (Å²) >= 11 is 22.5. The molecule has 2 aromatic carbocycles. The minimum absolute atomic E-state index is 0.209. The molecule has 0 saturated heterocycles. The van der Waals surface area contributed by atoms with Gasteiger partial charge in [-0.05, 0) is 11.5 Å². The molecule has 0 aliphatic rings. The standard InChI is InChI=1S/C20H12Cl4FN3O4.C2H6/c1-32-17(29)11-8-26-15(10-6-2-4-9-5-3-7-12(21)13(9)10)14(25)16(11)27-19(31)28-18(30)20(22,23)24;1-2/h2-8H,1H3,(H2,26,27,28,30,31);1-2H3. The fourth-order valence-electron chi connectivity index (χ4n) is 2.87. The van der Waals surface area contributed by atoms with E-state index < -0.39 is 38.8 Å². The predicted molar refractivity (Wildman–Crippen MR) is 132 cm³/mol. The first-order chi connectivity index (χ1) is 16.0. The van der Waals surface area contributed by atoms with Crippen LogP contribution in [0.5, 0.6) is 0 Å². The third-order valence-electron chi connectivity index (χ3n) is 4.26. The first-order valence-corrected chi connectivity index (χ1v) is 11.2. The third kappa shape index (κ3) is 6.07. The van der Waals surface area contributed by atoms with Crippen LogP contribution in [0.3, 0.4) is 0 Å². The summed E-state index contributed by atoms with van der Waals surface area (Å²) in [6.07, 6.45) is 1.02. The van der Waals surface area contributed by atoms with Crippen LogP contribution in [-0.4, -0.2) is 33.8 Å². The second-order valence-corrected chi connectivity index (χ2v) is 8.94. The highest BCUT2D eigenvalue weighted by molar-refractivity contribution is 6.76. The van der Waals surface area contributed by atoms with Crippen LogP contribution in [-0.2, 0) is 9.53 Å². The number of anilines is 1. The van der Waals surface area contributed by atoms with E-state index in [9.17, 15) is 14.4 Å². The van der Waals surface area contributed by atoms with E-state index in [2.05, 4.69) is 15.0 Å². The van der Waals surface area contributed by atoms with E-state index in [-0.39, 0.29) is 5.69 Å². The number of halogens is 5. The summed E-state index contributed by atoms with van der Waals surface area (Å²) in [5, 5.41) is 5.38. The molecule has 2 N–H and O–H groups in total. The van der Waals surface area contributed by atoms with E-state index in [0.717, 1.165) is 13.3 Å². The monoisotopic (exact) mass is 547 g/mol. The summed E-state index contributed by atoms with van der Waals surface area (Å²) in [5.41, 5.74) is -0.903. The van der Waals surface area contributed by atoms with Gasteiger partial charge in [-0.25, -0.2) is 14.0 Å². The van der Waals surface area contributed by atoms with Gasteiger partial charge in [-0.3, -0.25) is 15.1 Å². The fraction of sp³-hybridized carbons (Fsp3) is 0.182. The van der Waals surface area contributed by atoms with Crippen molar-refractivity contribution in [1.82, 2.24) is 10.3 Å². The number of alkyl halides is 3. The Hall–Kier alpha value is -2.65. The van der Waals surface area contributed by atoms with E-state index in [0.29, 0.717) is 21.4 Å². The number of carbonyl (C=O) groups excluding carboxylic acids is 3. The number of methoxy groups -OCH3 is 1. The SMILES string of the molecule is CC.COC(=O)c1cnc(-c2cccc3cccc(Cl)c23)c(F)c1NC(=O)NC(=O)C(Cl)(Cl)Cl. The first-order valence-electron chi connectivity index (χ1n) is 9.68. The van der Waals surface area contributed by atoms with E-state index >= 15 is 4.39 Å². The van der Waals surface area contributed by atoms with Gasteiger partial charge in [0.25, 0.3) is 9.70 Å². The van der Waals surface area contributed by atoms with Crippen molar-refractivity contribution in [2.45, 2.75) is 17.6 Å². The maximum absolute atomic E-state index is 15.6. The molecule has 3 aromatic rings. The summed E-state index contributed by atoms with van der Waals surface area (Å²) in [4.78, 5) is 40.1. The molecule has 0 atom stereocenters. The van der Waals surface area contributed by atoms with Gasteiger partial charge in [-0.15, -0.1) is 0 Å². The molecular formula is C22H18Cl4FN3O4. The van der Waals surface area contributed by atoms with E-state index in [1.165, 1.54) is 0 Å². The van der Waals surface area contributed by atoms with Crippen molar-refractivity contribution >= 4 is 80.8 Å². The Morgan fingerprint density at radius 2 is 1.68 bits per heavy atom. The zero-order chi connectivity index (χ0) is 25.6. The quantitative estimate of drug-likeness (QED) is 0.286. The van der Waals surface area contributed by atoms with E-state index in [4.69, 9.17) is 46.4 Å². The number of fused-ring (bicyclic) bond motifs is 1. The lowest BCUT2D eigenvalue weighted by atomic mass is 10.0. The van der Waals surface area contributed by atoms with E-state index in [1.54, 1.807) is 41.7 Å². The second kappa shape index (κ2) is 11.7. The number of nitrogens with one attached hydrogen (secondary N) is 2. The van der Waals surface area contributed by atoms with Crippen molar-refractivity contribution in [2.75, 3.05) is 12.4 Å². The van der Waals surface area contributed by atoms with E-state index in [1.807, 2.05) is 13.8 Å². The zero-order valence-corrected chi connectivity index (χ0v) is 21.0. The molecule has 180 valence electrons. The molecule has 1 aromatic heterocycles. The van der Waals surface area contributed by atoms with Gasteiger partial charge in [-0.2, -0.15) is 0 Å². The van der Waals surface area contributed by atoms with Crippen molar-refractivity contribution < 1.29 is 23.5 Å². The van der Waals surface area contributed by atoms with Crippen LogP contribution in [0.4, 0.5) is 14.9 Å². The molecule has 3 amide bonds. The number of rotatable bonds is 3. The normalized spacial score (nSPS) is 10.7. The van der Waals surface area contributed by atoms with Crippen molar-refractivity contribution in [1.29, 1.82) is 0 Å². The molecule has 12 heteroatoms. The van der Waals surface area contributed by atoms with Crippen LogP contribution < -0.4 is 10.6 Å². The highest BCUT2D eigenvalue weighted by atomic mass is 35.6. The number of benzene rings is 2. The average molecular weight is 549 g/mol. The van der Waals surface area contributed by atoms with Crippen molar-refractivity contribution in [3.05, 3.63) is 59.0 Å². The Morgan fingerprint density at radius 1 is 1.06 bits per heavy atom. The number of hydrogen-bond acceptors (Lipinski definition) is 5. The molecule has 0 radical (unpaired) electrons. The van der Waals surface area contributed by atoms with Crippen LogP contribution in [0.2, 0.25) is 5.02 Å². The van der Waals surface area contributed by atoms with Crippen molar-refractivity contribution in [2.24, 2.45) is 0 Å². The molecular weight excluding hydrogens is 531 g/mol. The fourth-order valence-corrected chi connectivity index (χ4v) is 3.30. The Morgan fingerprint density at radius 3 is 2.26 bits per heavy atom. The minimum Gasteiger partial charge on any atom is -0.465 e. The van der Waals surface area contributed by atoms with Gasteiger partial charge < -0.3 is 10.1 Å². The molecule has 1 heterocycles. The van der Waals surface area contributed by atoms with Gasteiger partial charge in [0.1, 0.15) is 11.3 Å². The van der Waals surface area contributed by atoms with Gasteiger partial charge in [0.05, 0.1) is 12.8 Å². The molecule has 34 heavy (non-hydrogen) atoms. The maximum atomic E-state index is 15.6. The summed E-state index contributed by atoms with van der Waals surface area (Å²) < 4.78 is 17.8. The van der Waals surface area contributed by atoms with Crippen LogP contribution in [0.15, 0.2) is 42.6 Å². The number of carbonyl (C=O) groups is 3. The van der Waals surface area contributed by atoms with Gasteiger partial charge in [0.15, 0.2) is 5.82 Å². The number of aromatic nitrogens is 1. The molecule has 0 saturated carbocycles. The number of esters is 1. The topological polar surface area (TPSA) is 97.4 Å². The first kappa shape index (κ1) is 27.6. The van der Waals surface area contributed by atoms with Gasteiger partial charge in [0.2, 0.25) is 0 Å². The Kier molecular flexibility index (Phi) is 9.46.